The van der Waals surface area contributed by atoms with E-state index < -0.39 is 16.1 Å². The third-order valence-electron chi connectivity index (χ3n) is 4.42. The molecule has 0 heterocycles. The first-order chi connectivity index (χ1) is 14.2. The van der Waals surface area contributed by atoms with Crippen molar-refractivity contribution in [3.8, 4) is 5.75 Å². The molecule has 0 radical (unpaired) electrons. The van der Waals surface area contributed by atoms with Crippen LogP contribution in [0.2, 0.25) is 0 Å². The second-order valence-corrected chi connectivity index (χ2v) is 9.53. The van der Waals surface area contributed by atoms with Crippen molar-refractivity contribution in [1.82, 2.24) is 9.62 Å². The van der Waals surface area contributed by atoms with Gasteiger partial charge in [0.2, 0.25) is 15.9 Å². The van der Waals surface area contributed by atoms with E-state index in [2.05, 4.69) is 4.72 Å². The molecule has 0 aliphatic rings. The number of likely N-dealkylation sites (N-methyl/N-ethyl adjacent to an activating group) is 1. The molecule has 0 fully saturated rings. The Morgan fingerprint density at radius 3 is 2.40 bits per heavy atom. The number of amides is 1. The Morgan fingerprint density at radius 1 is 1.17 bits per heavy atom. The molecule has 9 heteroatoms. The van der Waals surface area contributed by atoms with Gasteiger partial charge in [0.25, 0.3) is 0 Å². The van der Waals surface area contributed by atoms with E-state index >= 15 is 0 Å². The van der Waals surface area contributed by atoms with E-state index in [0.717, 1.165) is 5.56 Å². The number of hydrogen-bond donors (Lipinski definition) is 1. The first-order valence-electron chi connectivity index (χ1n) is 9.44. The number of carbonyl (C=O) groups excluding carboxylic acids is 1. The lowest BCUT2D eigenvalue weighted by Crippen LogP contribution is -2.48. The van der Waals surface area contributed by atoms with Gasteiger partial charge in [-0.1, -0.05) is 17.7 Å². The van der Waals surface area contributed by atoms with Crippen molar-refractivity contribution in [2.24, 2.45) is 0 Å². The van der Waals surface area contributed by atoms with Crippen LogP contribution >= 0.6 is 11.8 Å². The summed E-state index contributed by atoms with van der Waals surface area (Å²) in [6.07, 6.45) is 2.27. The van der Waals surface area contributed by atoms with Crippen LogP contribution in [-0.4, -0.2) is 57.5 Å². The Bertz CT molecular complexity index is 919. The van der Waals surface area contributed by atoms with Crippen molar-refractivity contribution in [2.45, 2.75) is 24.3 Å². The fraction of sp³-hybridized carbons (Fsp3) is 0.381. The van der Waals surface area contributed by atoms with Crippen molar-refractivity contribution in [2.75, 3.05) is 32.2 Å². The van der Waals surface area contributed by atoms with Gasteiger partial charge in [-0.2, -0.15) is 16.5 Å². The molecular weight excluding hydrogens is 427 g/mol. The predicted octanol–water partition coefficient (Wildman–Crippen LogP) is 3.07. The number of sulfonamides is 1. The number of aryl methyl sites for hydroxylation is 1. The Balaban J connectivity index is 2.00. The number of rotatable bonds is 11. The van der Waals surface area contributed by atoms with Gasteiger partial charge in [0, 0.05) is 7.05 Å². The Kier molecular flexibility index (Phi) is 9.13. The number of carbonyl (C=O) groups is 1. The number of ether oxygens (including phenoxy) is 1. The second-order valence-electron chi connectivity index (χ2n) is 6.83. The van der Waals surface area contributed by atoms with Gasteiger partial charge in [0.05, 0.1) is 11.4 Å². The highest BCUT2D eigenvalue weighted by molar-refractivity contribution is 7.98. The van der Waals surface area contributed by atoms with Crippen LogP contribution in [0.15, 0.2) is 53.4 Å². The van der Waals surface area contributed by atoms with Crippen molar-refractivity contribution in [3.63, 3.8) is 0 Å². The molecule has 0 aromatic heterocycles. The fourth-order valence-corrected chi connectivity index (χ4v) is 4.34. The SMILES string of the molecule is CSCCC(NS(=O)(=O)c1ccc(C)cc1)C(=O)N(C)CCOc1ccc(F)cc1. The average Bonchev–Trinajstić information content (AvgIpc) is 2.72. The van der Waals surface area contributed by atoms with Crippen LogP contribution in [0, 0.1) is 12.7 Å². The molecule has 1 N–H and O–H groups in total. The zero-order chi connectivity index (χ0) is 22.1. The largest absolute Gasteiger partial charge is 0.492 e. The van der Waals surface area contributed by atoms with Crippen LogP contribution in [0.4, 0.5) is 4.39 Å². The van der Waals surface area contributed by atoms with E-state index in [0.29, 0.717) is 17.9 Å². The summed E-state index contributed by atoms with van der Waals surface area (Å²) >= 11 is 1.54. The second kappa shape index (κ2) is 11.3. The van der Waals surface area contributed by atoms with Gasteiger partial charge in [0.1, 0.15) is 24.2 Å². The van der Waals surface area contributed by atoms with Crippen molar-refractivity contribution < 1.29 is 22.3 Å². The van der Waals surface area contributed by atoms with Gasteiger partial charge in [-0.25, -0.2) is 12.8 Å². The minimum Gasteiger partial charge on any atom is -0.492 e. The van der Waals surface area contributed by atoms with E-state index in [-0.39, 0.29) is 29.8 Å². The summed E-state index contributed by atoms with van der Waals surface area (Å²) in [5.41, 5.74) is 0.949. The van der Waals surface area contributed by atoms with Gasteiger partial charge in [-0.3, -0.25) is 4.79 Å². The molecule has 0 spiro atoms. The molecule has 0 aliphatic carbocycles. The lowest BCUT2D eigenvalue weighted by molar-refractivity contribution is -0.132. The molecule has 2 aromatic carbocycles. The fourth-order valence-electron chi connectivity index (χ4n) is 2.65. The number of nitrogens with zero attached hydrogens (tertiary/aromatic N) is 1. The number of hydrogen-bond acceptors (Lipinski definition) is 5. The van der Waals surface area contributed by atoms with E-state index in [1.807, 2.05) is 13.2 Å². The number of thioether (sulfide) groups is 1. The summed E-state index contributed by atoms with van der Waals surface area (Å²) in [5, 5.41) is 0. The zero-order valence-corrected chi connectivity index (χ0v) is 18.9. The maximum Gasteiger partial charge on any atom is 0.241 e. The highest BCUT2D eigenvalue weighted by atomic mass is 32.2. The van der Waals surface area contributed by atoms with Gasteiger partial charge < -0.3 is 9.64 Å². The van der Waals surface area contributed by atoms with Crippen LogP contribution < -0.4 is 9.46 Å². The summed E-state index contributed by atoms with van der Waals surface area (Å²) < 4.78 is 46.5. The van der Waals surface area contributed by atoms with Crippen LogP contribution in [0.5, 0.6) is 5.75 Å². The van der Waals surface area contributed by atoms with Crippen LogP contribution in [-0.2, 0) is 14.8 Å². The molecule has 0 saturated heterocycles. The number of nitrogens with one attached hydrogen (secondary N) is 1. The minimum absolute atomic E-state index is 0.123. The summed E-state index contributed by atoms with van der Waals surface area (Å²) in [7, 11) is -2.23. The highest BCUT2D eigenvalue weighted by Gasteiger charge is 2.27. The third-order valence-corrected chi connectivity index (χ3v) is 6.55. The van der Waals surface area contributed by atoms with Crippen molar-refractivity contribution >= 4 is 27.7 Å². The van der Waals surface area contributed by atoms with Gasteiger partial charge in [-0.05, 0) is 61.8 Å². The molecule has 0 aliphatic heterocycles. The van der Waals surface area contributed by atoms with E-state index in [4.69, 9.17) is 4.74 Å². The monoisotopic (exact) mass is 454 g/mol. The summed E-state index contributed by atoms with van der Waals surface area (Å²) in [4.78, 5) is 14.4. The molecule has 30 heavy (non-hydrogen) atoms. The van der Waals surface area contributed by atoms with Gasteiger partial charge >= 0.3 is 0 Å². The summed E-state index contributed by atoms with van der Waals surface area (Å²) in [6, 6.07) is 11.2. The highest BCUT2D eigenvalue weighted by Crippen LogP contribution is 2.14. The topological polar surface area (TPSA) is 75.7 Å². The molecule has 0 saturated carbocycles. The normalized spacial score (nSPS) is 12.4. The molecule has 1 unspecified atom stereocenters. The number of benzene rings is 2. The number of halogens is 1. The van der Waals surface area contributed by atoms with Crippen LogP contribution in [0.3, 0.4) is 0 Å². The predicted molar refractivity (Wildman–Crippen MR) is 118 cm³/mol. The van der Waals surface area contributed by atoms with Gasteiger partial charge in [0.15, 0.2) is 0 Å². The summed E-state index contributed by atoms with van der Waals surface area (Å²) in [5.74, 6) is 0.443. The first kappa shape index (κ1) is 24.2. The first-order valence-corrected chi connectivity index (χ1v) is 12.3. The molecular formula is C21H27FN2O4S2. The van der Waals surface area contributed by atoms with E-state index in [1.54, 1.807) is 19.2 Å². The smallest absolute Gasteiger partial charge is 0.241 e. The van der Waals surface area contributed by atoms with Gasteiger partial charge in [-0.15, -0.1) is 0 Å². The van der Waals surface area contributed by atoms with E-state index in [1.165, 1.54) is 53.1 Å². The maximum atomic E-state index is 12.9. The molecule has 1 atom stereocenters. The lowest BCUT2D eigenvalue weighted by Gasteiger charge is -2.24. The molecule has 2 aromatic rings. The third kappa shape index (κ3) is 7.30. The molecule has 6 nitrogen and oxygen atoms in total. The minimum atomic E-state index is -3.83. The molecule has 0 bridgehead atoms. The maximum absolute atomic E-state index is 12.9. The lowest BCUT2D eigenvalue weighted by atomic mass is 10.2. The molecule has 164 valence electrons. The Hall–Kier alpha value is -2.10. The summed E-state index contributed by atoms with van der Waals surface area (Å²) in [6.45, 7) is 2.34. The molecule has 1 amide bonds. The zero-order valence-electron chi connectivity index (χ0n) is 17.3. The Morgan fingerprint density at radius 2 is 1.80 bits per heavy atom. The van der Waals surface area contributed by atoms with Crippen molar-refractivity contribution in [1.29, 1.82) is 0 Å². The Labute approximate surface area is 181 Å². The van der Waals surface area contributed by atoms with Crippen LogP contribution in [0.25, 0.3) is 0 Å². The molecule has 2 rings (SSSR count). The standard InChI is InChI=1S/C21H27FN2O4S2/c1-16-4-10-19(11-5-16)30(26,27)23-20(12-15-29-3)21(25)24(2)13-14-28-18-8-6-17(22)7-9-18/h4-11,20,23H,12-15H2,1-3H3. The van der Waals surface area contributed by atoms with Crippen molar-refractivity contribution in [3.05, 3.63) is 59.9 Å². The average molecular weight is 455 g/mol. The van der Waals surface area contributed by atoms with E-state index in [9.17, 15) is 17.6 Å². The quantitative estimate of drug-likeness (QED) is 0.565. The van der Waals surface area contributed by atoms with Crippen LogP contribution in [0.1, 0.15) is 12.0 Å².